The molecule has 170 valence electrons. The Hall–Kier alpha value is -3.00. The van der Waals surface area contributed by atoms with Gasteiger partial charge in [-0.1, -0.05) is 25.1 Å². The largest absolute Gasteiger partial charge is 0.496 e. The zero-order valence-electron chi connectivity index (χ0n) is 17.9. The van der Waals surface area contributed by atoms with Crippen molar-refractivity contribution >= 4 is 22.7 Å². The number of fused-ring (bicyclic) bond motifs is 1. The molecular weight excluding hydrogens is 424 g/mol. The van der Waals surface area contributed by atoms with E-state index in [1.807, 2.05) is 0 Å². The zero-order valence-corrected chi connectivity index (χ0v) is 17.9. The third-order valence-corrected chi connectivity index (χ3v) is 5.63. The molecule has 32 heavy (non-hydrogen) atoms. The first kappa shape index (κ1) is 23.7. The fourth-order valence-electron chi connectivity index (χ4n) is 3.77. The van der Waals surface area contributed by atoms with Gasteiger partial charge in [-0.15, -0.1) is 0 Å². The van der Waals surface area contributed by atoms with Gasteiger partial charge in [-0.2, -0.15) is 13.2 Å². The maximum atomic E-state index is 14.0. The second kappa shape index (κ2) is 9.24. The highest BCUT2D eigenvalue weighted by Crippen LogP contribution is 2.42. The minimum absolute atomic E-state index is 0.180. The number of aliphatic hydroxyl groups is 1. The van der Waals surface area contributed by atoms with Crippen molar-refractivity contribution in [3.8, 4) is 5.75 Å². The number of hydrogen-bond donors (Lipinski definition) is 1. The highest BCUT2D eigenvalue weighted by molar-refractivity contribution is 5.93. The quantitative estimate of drug-likeness (QED) is 0.342. The van der Waals surface area contributed by atoms with Crippen LogP contribution in [0.4, 0.5) is 23.2 Å². The van der Waals surface area contributed by atoms with Gasteiger partial charge in [0.05, 0.1) is 12.8 Å². The minimum atomic E-state index is -4.97. The fourth-order valence-corrected chi connectivity index (χ4v) is 3.77. The molecule has 0 radical (unpaired) electrons. The summed E-state index contributed by atoms with van der Waals surface area (Å²) < 4.78 is 61.3. The molecular formula is C24H24F4N2O2. The van der Waals surface area contributed by atoms with E-state index in [4.69, 9.17) is 4.74 Å². The van der Waals surface area contributed by atoms with Gasteiger partial charge in [-0.25, -0.2) is 4.39 Å². The van der Waals surface area contributed by atoms with E-state index in [0.29, 0.717) is 17.2 Å². The Balaban J connectivity index is 2.02. The van der Waals surface area contributed by atoms with Crippen molar-refractivity contribution in [1.82, 2.24) is 4.98 Å². The Labute approximate surface area is 183 Å². The van der Waals surface area contributed by atoms with Crippen molar-refractivity contribution in [2.45, 2.75) is 44.4 Å². The number of aromatic nitrogens is 1. The lowest BCUT2D eigenvalue weighted by molar-refractivity contribution is -0.232. The van der Waals surface area contributed by atoms with Gasteiger partial charge in [0, 0.05) is 34.9 Å². The Morgan fingerprint density at radius 2 is 1.94 bits per heavy atom. The van der Waals surface area contributed by atoms with E-state index in [1.165, 1.54) is 32.4 Å². The van der Waals surface area contributed by atoms with E-state index in [1.54, 1.807) is 37.4 Å². The number of alkyl halides is 3. The summed E-state index contributed by atoms with van der Waals surface area (Å²) in [6, 6.07) is 9.24. The van der Waals surface area contributed by atoms with E-state index in [-0.39, 0.29) is 23.4 Å². The Bertz CT molecular complexity index is 1130. The second-order valence-electron chi connectivity index (χ2n) is 7.66. The molecule has 2 atom stereocenters. The molecule has 1 aromatic heterocycles. The molecule has 0 spiro atoms. The van der Waals surface area contributed by atoms with Crippen LogP contribution in [-0.4, -0.2) is 35.2 Å². The van der Waals surface area contributed by atoms with Crippen LogP contribution < -0.4 is 4.74 Å². The third-order valence-electron chi connectivity index (χ3n) is 5.63. The zero-order chi connectivity index (χ0) is 23.5. The van der Waals surface area contributed by atoms with Gasteiger partial charge in [-0.3, -0.25) is 9.98 Å². The molecule has 0 saturated heterocycles. The monoisotopic (exact) mass is 448 g/mol. The van der Waals surface area contributed by atoms with Crippen molar-refractivity contribution in [3.05, 3.63) is 65.7 Å². The molecule has 1 N–H and O–H groups in total. The van der Waals surface area contributed by atoms with Crippen LogP contribution in [-0.2, 0) is 0 Å². The number of rotatable bonds is 7. The van der Waals surface area contributed by atoms with E-state index in [2.05, 4.69) is 9.98 Å². The smallest absolute Gasteiger partial charge is 0.422 e. The molecule has 2 aromatic carbocycles. The summed E-state index contributed by atoms with van der Waals surface area (Å²) in [6.45, 7) is 3.20. The first-order valence-corrected chi connectivity index (χ1v) is 10.1. The highest BCUT2D eigenvalue weighted by atomic mass is 19.4. The number of aliphatic imine (C=N–C) groups is 1. The van der Waals surface area contributed by atoms with E-state index in [0.717, 1.165) is 5.39 Å². The molecule has 1 heterocycles. The van der Waals surface area contributed by atoms with Gasteiger partial charge < -0.3 is 9.84 Å². The number of ether oxygens (including phenoxy) is 1. The molecule has 0 saturated carbocycles. The highest BCUT2D eigenvalue weighted by Gasteiger charge is 2.53. The number of methoxy groups -OCH3 is 1. The first-order chi connectivity index (χ1) is 15.1. The summed E-state index contributed by atoms with van der Waals surface area (Å²) in [7, 11) is 1.34. The normalized spacial score (nSPS) is 15.1. The van der Waals surface area contributed by atoms with Gasteiger partial charge in [0.2, 0.25) is 0 Å². The van der Waals surface area contributed by atoms with Gasteiger partial charge in [0.25, 0.3) is 0 Å². The summed E-state index contributed by atoms with van der Waals surface area (Å²) in [5, 5.41) is 12.1. The van der Waals surface area contributed by atoms with Crippen molar-refractivity contribution in [3.63, 3.8) is 0 Å². The first-order valence-electron chi connectivity index (χ1n) is 10.1. The van der Waals surface area contributed by atoms with Crippen LogP contribution in [0.3, 0.4) is 0 Å². The number of benzene rings is 2. The van der Waals surface area contributed by atoms with Crippen molar-refractivity contribution in [2.24, 2.45) is 4.99 Å². The Kier molecular flexibility index (Phi) is 6.83. The van der Waals surface area contributed by atoms with E-state index in [9.17, 15) is 22.7 Å². The third kappa shape index (κ3) is 4.60. The molecule has 0 fully saturated rings. The lowest BCUT2D eigenvalue weighted by Crippen LogP contribution is -2.47. The Morgan fingerprint density at radius 3 is 2.59 bits per heavy atom. The molecule has 3 rings (SSSR count). The molecule has 0 unspecified atom stereocenters. The average molecular weight is 448 g/mol. The molecule has 0 bridgehead atoms. The summed E-state index contributed by atoms with van der Waals surface area (Å²) in [6.07, 6.45) is -1.74. The Morgan fingerprint density at radius 1 is 1.19 bits per heavy atom. The topological polar surface area (TPSA) is 54.7 Å². The minimum Gasteiger partial charge on any atom is -0.496 e. The van der Waals surface area contributed by atoms with Crippen molar-refractivity contribution < 1.29 is 27.4 Å². The summed E-state index contributed by atoms with van der Waals surface area (Å²) in [5.41, 5.74) is -2.30. The maximum Gasteiger partial charge on any atom is 0.422 e. The molecule has 4 nitrogen and oxygen atoms in total. The lowest BCUT2D eigenvalue weighted by Gasteiger charge is -2.31. The molecule has 0 aliphatic heterocycles. The van der Waals surface area contributed by atoms with Gasteiger partial charge in [0.15, 0.2) is 5.60 Å². The van der Waals surface area contributed by atoms with E-state index >= 15 is 0 Å². The summed E-state index contributed by atoms with van der Waals surface area (Å²) in [4.78, 5) is 8.01. The fraction of sp³-hybridized carbons (Fsp3) is 0.333. The van der Waals surface area contributed by atoms with Crippen LogP contribution in [0.1, 0.15) is 36.8 Å². The van der Waals surface area contributed by atoms with Crippen LogP contribution >= 0.6 is 0 Å². The predicted octanol–water partition coefficient (Wildman–Crippen LogP) is 6.27. The van der Waals surface area contributed by atoms with Crippen LogP contribution in [0.15, 0.2) is 53.8 Å². The van der Waals surface area contributed by atoms with Gasteiger partial charge in [-0.05, 0) is 49.4 Å². The van der Waals surface area contributed by atoms with E-state index < -0.39 is 29.9 Å². The number of pyridine rings is 1. The molecule has 0 aliphatic carbocycles. The molecule has 3 aromatic rings. The standard InChI is InChI=1S/C24H24F4N2O2/c1-4-16(19-8-9-20(25)15(2)22(19)32-3)12-23(31,24(26,27)28)14-30-21-7-5-6-17-13-29-11-10-18(17)21/h5-11,13-14,16,31H,4,12H2,1-3H3/t16-,23-/m1/s1. The number of halogens is 4. The van der Waals surface area contributed by atoms with Crippen LogP contribution in [0, 0.1) is 12.7 Å². The molecule has 8 heteroatoms. The predicted molar refractivity (Wildman–Crippen MR) is 116 cm³/mol. The number of nitrogens with zero attached hydrogens (tertiary/aromatic N) is 2. The summed E-state index contributed by atoms with van der Waals surface area (Å²) >= 11 is 0. The average Bonchev–Trinajstić information content (AvgIpc) is 2.77. The van der Waals surface area contributed by atoms with Crippen LogP contribution in [0.2, 0.25) is 0 Å². The van der Waals surface area contributed by atoms with Gasteiger partial charge in [0.1, 0.15) is 11.6 Å². The lowest BCUT2D eigenvalue weighted by atomic mass is 9.83. The number of hydrogen-bond acceptors (Lipinski definition) is 4. The van der Waals surface area contributed by atoms with Gasteiger partial charge >= 0.3 is 6.18 Å². The maximum absolute atomic E-state index is 14.0. The van der Waals surface area contributed by atoms with Crippen LogP contribution in [0.25, 0.3) is 10.8 Å². The van der Waals surface area contributed by atoms with Crippen molar-refractivity contribution in [2.75, 3.05) is 7.11 Å². The SMILES string of the molecule is CC[C@H](C[C@@](O)(C=Nc1cccc2cnccc12)C(F)(F)F)c1ccc(F)c(C)c1OC. The molecule has 0 amide bonds. The molecule has 0 aliphatic rings. The van der Waals surface area contributed by atoms with Crippen molar-refractivity contribution in [1.29, 1.82) is 0 Å². The summed E-state index contributed by atoms with van der Waals surface area (Å²) in [5.74, 6) is -1.09. The second-order valence-corrected chi connectivity index (χ2v) is 7.66. The van der Waals surface area contributed by atoms with Crippen LogP contribution in [0.5, 0.6) is 5.75 Å².